The van der Waals surface area contributed by atoms with Crippen LogP contribution < -0.4 is 11.3 Å². The Bertz CT molecular complexity index is 547. The maximum absolute atomic E-state index is 12.1. The number of nitro benzene ring substituents is 1. The number of likely N-dealkylation sites (tertiary alicyclic amines) is 1. The molecule has 21 heavy (non-hydrogen) atoms. The van der Waals surface area contributed by atoms with Crippen LogP contribution in [0.1, 0.15) is 31.7 Å². The molecule has 0 saturated carbocycles. The Hall–Kier alpha value is -2.15. The monoisotopic (exact) mass is 292 g/mol. The van der Waals surface area contributed by atoms with E-state index in [1.54, 1.807) is 12.1 Å². The van der Waals surface area contributed by atoms with Crippen LogP contribution in [0.5, 0.6) is 0 Å². The van der Waals surface area contributed by atoms with Crippen molar-refractivity contribution >= 4 is 17.3 Å². The molecule has 1 aliphatic heterocycles. The number of anilines is 1. The van der Waals surface area contributed by atoms with Crippen LogP contribution in [0.15, 0.2) is 18.2 Å². The molecule has 1 aromatic carbocycles. The number of nitrogen functional groups attached to an aromatic ring is 1. The lowest BCUT2D eigenvalue weighted by Gasteiger charge is -2.21. The number of nitrogens with two attached hydrogens (primary N) is 1. The van der Waals surface area contributed by atoms with Crippen molar-refractivity contribution in [2.24, 2.45) is 11.8 Å². The highest BCUT2D eigenvalue weighted by atomic mass is 16.6. The molecule has 1 heterocycles. The Labute approximate surface area is 123 Å². The van der Waals surface area contributed by atoms with Crippen molar-refractivity contribution < 1.29 is 9.72 Å². The van der Waals surface area contributed by atoms with Gasteiger partial charge < -0.3 is 10.3 Å². The van der Waals surface area contributed by atoms with Gasteiger partial charge in [-0.05, 0) is 30.4 Å². The lowest BCUT2D eigenvalue weighted by molar-refractivity contribution is -0.384. The molecule has 1 amide bonds. The first-order valence-electron chi connectivity index (χ1n) is 7.03. The molecule has 1 fully saturated rings. The van der Waals surface area contributed by atoms with Crippen LogP contribution in [0.4, 0.5) is 11.4 Å². The van der Waals surface area contributed by atoms with E-state index in [1.807, 2.05) is 4.90 Å². The number of nitrogens with one attached hydrogen (secondary N) is 1. The molecule has 1 unspecified atom stereocenters. The van der Waals surface area contributed by atoms with Crippen molar-refractivity contribution in [2.75, 3.05) is 12.0 Å². The van der Waals surface area contributed by atoms with Gasteiger partial charge in [0.1, 0.15) is 5.69 Å². The summed E-state index contributed by atoms with van der Waals surface area (Å²) in [6.07, 6.45) is 2.47. The lowest BCUT2D eigenvalue weighted by atomic mass is 10.0. The van der Waals surface area contributed by atoms with Crippen LogP contribution in [0.2, 0.25) is 0 Å². The minimum absolute atomic E-state index is 0.0722. The van der Waals surface area contributed by atoms with Gasteiger partial charge in [-0.25, -0.2) is 0 Å². The van der Waals surface area contributed by atoms with Gasteiger partial charge >= 0.3 is 0 Å². The molecule has 114 valence electrons. The first-order chi connectivity index (χ1) is 10.0. The Balaban J connectivity index is 2.15. The Kier molecular flexibility index (Phi) is 4.74. The number of nitro groups is 1. The molecular formula is C14H20N4O3. The fraction of sp³-hybridized carbons (Fsp3) is 0.500. The number of carbonyl (C=O) groups excluding carboxylic acids is 1. The van der Waals surface area contributed by atoms with Gasteiger partial charge in [0.25, 0.3) is 5.69 Å². The zero-order chi connectivity index (χ0) is 15.4. The van der Waals surface area contributed by atoms with Gasteiger partial charge in [-0.1, -0.05) is 13.0 Å². The van der Waals surface area contributed by atoms with Crippen molar-refractivity contribution in [1.29, 1.82) is 0 Å². The van der Waals surface area contributed by atoms with E-state index in [0.717, 1.165) is 24.9 Å². The summed E-state index contributed by atoms with van der Waals surface area (Å²) in [5, 5.41) is 10.9. The predicted molar refractivity (Wildman–Crippen MR) is 79.3 cm³/mol. The fourth-order valence-electron chi connectivity index (χ4n) is 2.52. The van der Waals surface area contributed by atoms with E-state index in [4.69, 9.17) is 5.84 Å². The number of rotatable bonds is 4. The molecular weight excluding hydrogens is 272 g/mol. The standard InChI is InChI=1S/C14H20N4O3/c1-10-2-5-14(19)17(7-6-10)9-11-3-4-13(18(20)21)12(8-11)16-15/h3-4,8,10,16H,2,5-7,9,15H2,1H3. The topological polar surface area (TPSA) is 102 Å². The summed E-state index contributed by atoms with van der Waals surface area (Å²) in [6.45, 7) is 3.33. The Morgan fingerprint density at radius 3 is 2.90 bits per heavy atom. The van der Waals surface area contributed by atoms with Gasteiger partial charge in [0.05, 0.1) is 4.92 Å². The summed E-state index contributed by atoms with van der Waals surface area (Å²) < 4.78 is 0. The van der Waals surface area contributed by atoms with Crippen LogP contribution in [-0.4, -0.2) is 22.3 Å². The number of nitrogens with zero attached hydrogens (tertiary/aromatic N) is 2. The second-order valence-corrected chi connectivity index (χ2v) is 5.50. The summed E-state index contributed by atoms with van der Waals surface area (Å²) in [5.41, 5.74) is 3.36. The van der Waals surface area contributed by atoms with Gasteiger partial charge in [-0.15, -0.1) is 0 Å². The van der Waals surface area contributed by atoms with Crippen LogP contribution in [-0.2, 0) is 11.3 Å². The average molecular weight is 292 g/mol. The van der Waals surface area contributed by atoms with Gasteiger partial charge in [-0.2, -0.15) is 0 Å². The maximum Gasteiger partial charge on any atom is 0.293 e. The van der Waals surface area contributed by atoms with Crippen molar-refractivity contribution in [3.8, 4) is 0 Å². The van der Waals surface area contributed by atoms with E-state index < -0.39 is 4.92 Å². The minimum Gasteiger partial charge on any atom is -0.338 e. The number of hydrazine groups is 1. The molecule has 7 heteroatoms. The molecule has 1 aromatic rings. The Morgan fingerprint density at radius 1 is 1.48 bits per heavy atom. The van der Waals surface area contributed by atoms with Crippen LogP contribution in [0.25, 0.3) is 0 Å². The molecule has 0 spiro atoms. The van der Waals surface area contributed by atoms with Gasteiger partial charge in [0.2, 0.25) is 5.91 Å². The van der Waals surface area contributed by atoms with E-state index in [2.05, 4.69) is 12.3 Å². The second kappa shape index (κ2) is 6.53. The minimum atomic E-state index is -0.488. The largest absolute Gasteiger partial charge is 0.338 e. The summed E-state index contributed by atoms with van der Waals surface area (Å²) in [6, 6.07) is 4.70. The van der Waals surface area contributed by atoms with Crippen molar-refractivity contribution in [1.82, 2.24) is 4.90 Å². The summed E-state index contributed by atoms with van der Waals surface area (Å²) >= 11 is 0. The maximum atomic E-state index is 12.1. The average Bonchev–Trinajstić information content (AvgIpc) is 2.62. The molecule has 0 aliphatic carbocycles. The summed E-state index contributed by atoms with van der Waals surface area (Å²) in [4.78, 5) is 24.3. The zero-order valence-electron chi connectivity index (χ0n) is 12.0. The number of benzene rings is 1. The van der Waals surface area contributed by atoms with Crippen molar-refractivity contribution in [3.63, 3.8) is 0 Å². The van der Waals surface area contributed by atoms with E-state index in [9.17, 15) is 14.9 Å². The molecule has 1 saturated heterocycles. The SMILES string of the molecule is CC1CCC(=O)N(Cc2ccc([N+](=O)[O-])c(NN)c2)CC1. The zero-order valence-corrected chi connectivity index (χ0v) is 12.0. The van der Waals surface area contributed by atoms with Gasteiger partial charge in [0, 0.05) is 25.6 Å². The fourth-order valence-corrected chi connectivity index (χ4v) is 2.52. The van der Waals surface area contributed by atoms with E-state index in [0.29, 0.717) is 18.9 Å². The quantitative estimate of drug-likeness (QED) is 0.502. The highest BCUT2D eigenvalue weighted by molar-refractivity contribution is 5.76. The van der Waals surface area contributed by atoms with Crippen molar-refractivity contribution in [3.05, 3.63) is 33.9 Å². The van der Waals surface area contributed by atoms with E-state index in [1.165, 1.54) is 6.07 Å². The second-order valence-electron chi connectivity index (χ2n) is 5.50. The van der Waals surface area contributed by atoms with Crippen LogP contribution >= 0.6 is 0 Å². The van der Waals surface area contributed by atoms with Gasteiger partial charge in [0.15, 0.2) is 0 Å². The van der Waals surface area contributed by atoms with Crippen LogP contribution in [0.3, 0.4) is 0 Å². The lowest BCUT2D eigenvalue weighted by Crippen LogP contribution is -2.29. The molecule has 2 rings (SSSR count). The third kappa shape index (κ3) is 3.69. The third-order valence-corrected chi connectivity index (χ3v) is 3.88. The van der Waals surface area contributed by atoms with Gasteiger partial charge in [-0.3, -0.25) is 20.8 Å². The summed E-state index contributed by atoms with van der Waals surface area (Å²) in [5.74, 6) is 6.02. The Morgan fingerprint density at radius 2 is 2.24 bits per heavy atom. The van der Waals surface area contributed by atoms with Crippen LogP contribution in [0, 0.1) is 16.0 Å². The number of carbonyl (C=O) groups is 1. The molecule has 1 atom stereocenters. The summed E-state index contributed by atoms with van der Waals surface area (Å²) in [7, 11) is 0. The molecule has 3 N–H and O–H groups in total. The van der Waals surface area contributed by atoms with E-state index >= 15 is 0 Å². The highest BCUT2D eigenvalue weighted by Gasteiger charge is 2.21. The first-order valence-corrected chi connectivity index (χ1v) is 7.03. The molecule has 7 nitrogen and oxygen atoms in total. The molecule has 0 bridgehead atoms. The predicted octanol–water partition coefficient (Wildman–Crippen LogP) is 2.03. The third-order valence-electron chi connectivity index (χ3n) is 3.88. The normalized spacial score (nSPS) is 19.2. The molecule has 0 aromatic heterocycles. The molecule has 0 radical (unpaired) electrons. The van der Waals surface area contributed by atoms with Crippen molar-refractivity contribution in [2.45, 2.75) is 32.7 Å². The molecule has 1 aliphatic rings. The number of hydrogen-bond acceptors (Lipinski definition) is 5. The number of hydrogen-bond donors (Lipinski definition) is 2. The number of amides is 1. The van der Waals surface area contributed by atoms with E-state index in [-0.39, 0.29) is 17.3 Å². The first kappa shape index (κ1) is 15.2. The highest BCUT2D eigenvalue weighted by Crippen LogP contribution is 2.26. The smallest absolute Gasteiger partial charge is 0.293 e.